The van der Waals surface area contributed by atoms with Crippen LogP contribution in [0.5, 0.6) is 0 Å². The highest BCUT2D eigenvalue weighted by atomic mass is 32.2. The highest BCUT2D eigenvalue weighted by Gasteiger charge is 2.61. The first-order valence-corrected chi connectivity index (χ1v) is 19.1. The molecule has 12 nitrogen and oxygen atoms in total. The van der Waals surface area contributed by atoms with Crippen LogP contribution in [0.2, 0.25) is 0 Å². The van der Waals surface area contributed by atoms with E-state index >= 15 is 0 Å². The van der Waals surface area contributed by atoms with Crippen molar-refractivity contribution in [2.75, 3.05) is 6.54 Å². The van der Waals surface area contributed by atoms with E-state index in [0.29, 0.717) is 25.9 Å². The Morgan fingerprint density at radius 3 is 2.35 bits per heavy atom. The van der Waals surface area contributed by atoms with Crippen LogP contribution < -0.4 is 10.0 Å². The summed E-state index contributed by atoms with van der Waals surface area (Å²) in [6.45, 7) is 11.2. The van der Waals surface area contributed by atoms with Gasteiger partial charge >= 0.3 is 12.1 Å². The molecule has 1 saturated heterocycles. The van der Waals surface area contributed by atoms with E-state index in [0.717, 1.165) is 30.4 Å². The number of esters is 1. The summed E-state index contributed by atoms with van der Waals surface area (Å²) in [4.78, 5) is 71.8. The maximum atomic E-state index is 14.4. The molecule has 1 aromatic carbocycles. The third-order valence-electron chi connectivity index (χ3n) is 9.72. The molecule has 286 valence electrons. The molecule has 13 heteroatoms. The van der Waals surface area contributed by atoms with Crippen molar-refractivity contribution < 1.29 is 37.7 Å². The molecule has 1 saturated carbocycles. The lowest BCUT2D eigenvalue weighted by atomic mass is 9.95. The second-order valence-corrected chi connectivity index (χ2v) is 18.1. The van der Waals surface area contributed by atoms with Crippen LogP contribution in [0.3, 0.4) is 0 Å². The summed E-state index contributed by atoms with van der Waals surface area (Å²) in [6.07, 6.45) is 5.90. The lowest BCUT2D eigenvalue weighted by Gasteiger charge is -2.30. The van der Waals surface area contributed by atoms with E-state index in [1.807, 2.05) is 30.3 Å². The standard InChI is InChI=1S/C38H52N4O8S.CH4/c1-36(2,3)50-31(43)19-25-15-11-9-7-8-10-12-18-28-21-38(28,34(46)40-51(48)37(4,5)6)39-32(44)30-20-29(24-42(30)33(25)45)49-35(47)41-22-26-16-13-14-17-27(26)23-41;/h10,13-14,16-18,25,28-30H,7-9,11,15,19-24H2,1-6H3,(H,39,44)(H,40,46);1H4/t12?,25-,28-,29-,30+,38-,51-;/m1./s1. The van der Waals surface area contributed by atoms with Crippen LogP contribution in [-0.2, 0) is 52.7 Å². The van der Waals surface area contributed by atoms with Gasteiger partial charge in [0.15, 0.2) is 0 Å². The number of nitrogens with one attached hydrogen (secondary N) is 2. The molecule has 0 radical (unpaired) electrons. The number of rotatable bonds is 5. The van der Waals surface area contributed by atoms with Gasteiger partial charge in [0.1, 0.15) is 34.3 Å². The van der Waals surface area contributed by atoms with E-state index in [1.54, 1.807) is 52.5 Å². The predicted molar refractivity (Wildman–Crippen MR) is 198 cm³/mol. The van der Waals surface area contributed by atoms with Crippen molar-refractivity contribution >= 4 is 40.8 Å². The van der Waals surface area contributed by atoms with Crippen molar-refractivity contribution in [3.8, 4) is 0 Å². The van der Waals surface area contributed by atoms with Crippen LogP contribution >= 0.6 is 0 Å². The minimum Gasteiger partial charge on any atom is -0.460 e. The fraction of sp³-hybridized carbons (Fsp3) is 0.641. The van der Waals surface area contributed by atoms with Crippen molar-refractivity contribution in [2.45, 2.75) is 141 Å². The molecule has 5 rings (SSSR count). The number of carbonyl (C=O) groups is 5. The third-order valence-corrected chi connectivity index (χ3v) is 11.2. The predicted octanol–water partition coefficient (Wildman–Crippen LogP) is 5.22. The van der Waals surface area contributed by atoms with Crippen LogP contribution in [0, 0.1) is 11.8 Å². The van der Waals surface area contributed by atoms with E-state index in [2.05, 4.69) is 15.8 Å². The average Bonchev–Trinajstić information content (AvgIpc) is 3.35. The van der Waals surface area contributed by atoms with E-state index in [-0.39, 0.29) is 33.2 Å². The first-order chi connectivity index (χ1) is 24.0. The molecule has 3 heterocycles. The van der Waals surface area contributed by atoms with Gasteiger partial charge in [-0.2, -0.15) is 0 Å². The summed E-state index contributed by atoms with van der Waals surface area (Å²) in [7, 11) is -1.73. The highest BCUT2D eigenvalue weighted by Crippen LogP contribution is 2.45. The quantitative estimate of drug-likeness (QED) is 0.308. The summed E-state index contributed by atoms with van der Waals surface area (Å²) in [5.74, 6) is -3.25. The average molecular weight is 741 g/mol. The SMILES string of the molecule is C.CC(C)(C)OC(=O)C[C@H]1CCCCCC=C=C[C@@H]2C[C@@]2(C(=O)N[S@](=O)C(C)(C)C)NC(=O)[C@@H]2C[C@@H](OC(=O)N3Cc4ccccc4C3)CN2C1=O. The molecular weight excluding hydrogens is 685 g/mol. The number of hydrogen-bond acceptors (Lipinski definition) is 8. The summed E-state index contributed by atoms with van der Waals surface area (Å²) in [5, 5.41) is 2.92. The van der Waals surface area contributed by atoms with Crippen LogP contribution in [0.25, 0.3) is 0 Å². The van der Waals surface area contributed by atoms with Crippen LogP contribution in [0.1, 0.15) is 111 Å². The second-order valence-electron chi connectivity index (χ2n) is 16.1. The Bertz CT molecular complexity index is 1600. The van der Waals surface area contributed by atoms with E-state index in [9.17, 15) is 28.2 Å². The Hall–Kier alpha value is -3.96. The smallest absolute Gasteiger partial charge is 0.410 e. The zero-order valence-corrected chi connectivity index (χ0v) is 31.4. The summed E-state index contributed by atoms with van der Waals surface area (Å²) in [6, 6.07) is 6.67. The van der Waals surface area contributed by atoms with E-state index in [1.165, 1.54) is 4.90 Å². The van der Waals surface area contributed by atoms with Crippen LogP contribution in [-0.4, -0.2) is 78.4 Å². The van der Waals surface area contributed by atoms with Gasteiger partial charge in [0.25, 0.3) is 5.91 Å². The summed E-state index contributed by atoms with van der Waals surface area (Å²) >= 11 is 0. The number of carbonyl (C=O) groups excluding carboxylic acids is 5. The minimum atomic E-state index is -1.73. The maximum absolute atomic E-state index is 14.4. The molecule has 52 heavy (non-hydrogen) atoms. The molecular formula is C39H56N4O8S. The van der Waals surface area contributed by atoms with Crippen molar-refractivity contribution in [3.63, 3.8) is 0 Å². The Balaban J connectivity index is 0.00000605. The van der Waals surface area contributed by atoms with Gasteiger partial charge in [0.05, 0.1) is 17.7 Å². The van der Waals surface area contributed by atoms with Gasteiger partial charge < -0.3 is 19.7 Å². The summed E-state index contributed by atoms with van der Waals surface area (Å²) in [5.41, 5.74) is 3.09. The number of amides is 4. The molecule has 2 fully saturated rings. The van der Waals surface area contributed by atoms with Crippen molar-refractivity contribution in [1.82, 2.24) is 19.8 Å². The summed E-state index contributed by atoms with van der Waals surface area (Å²) < 4.78 is 26.3. The maximum Gasteiger partial charge on any atom is 0.410 e. The molecule has 6 atom stereocenters. The third kappa shape index (κ3) is 9.92. The van der Waals surface area contributed by atoms with Gasteiger partial charge in [-0.25, -0.2) is 9.00 Å². The first-order valence-electron chi connectivity index (χ1n) is 18.0. The largest absolute Gasteiger partial charge is 0.460 e. The van der Waals surface area contributed by atoms with Crippen molar-refractivity contribution in [3.05, 3.63) is 53.3 Å². The molecule has 4 amide bonds. The number of benzene rings is 1. The lowest BCUT2D eigenvalue weighted by Crippen LogP contribution is -2.57. The first kappa shape index (κ1) is 40.8. The molecule has 3 aliphatic heterocycles. The normalized spacial score (nSPS) is 27.0. The number of hydrogen-bond donors (Lipinski definition) is 2. The number of nitrogens with zero attached hydrogens (tertiary/aromatic N) is 2. The Kier molecular flexibility index (Phi) is 12.8. The highest BCUT2D eigenvalue weighted by molar-refractivity contribution is 7.85. The molecule has 0 bridgehead atoms. The van der Waals surface area contributed by atoms with Gasteiger partial charge in [-0.05, 0) is 90.5 Å². The molecule has 0 aromatic heterocycles. The minimum absolute atomic E-state index is 0. The fourth-order valence-electron chi connectivity index (χ4n) is 6.85. The van der Waals surface area contributed by atoms with E-state index < -0.39 is 80.6 Å². The monoisotopic (exact) mass is 740 g/mol. The zero-order chi connectivity index (χ0) is 37.1. The Morgan fingerprint density at radius 2 is 1.71 bits per heavy atom. The van der Waals surface area contributed by atoms with Gasteiger partial charge in [-0.3, -0.25) is 28.8 Å². The molecule has 0 spiro atoms. The Labute approximate surface area is 310 Å². The molecule has 0 unspecified atom stereocenters. The molecule has 4 aliphatic rings. The molecule has 2 N–H and O–H groups in total. The van der Waals surface area contributed by atoms with Crippen LogP contribution in [0.4, 0.5) is 4.79 Å². The molecule has 1 aliphatic carbocycles. The number of fused-ring (bicyclic) bond motifs is 3. The van der Waals surface area contributed by atoms with Gasteiger partial charge in [-0.15, -0.1) is 5.73 Å². The zero-order valence-electron chi connectivity index (χ0n) is 30.6. The number of ether oxygens (including phenoxy) is 2. The van der Waals surface area contributed by atoms with Gasteiger partial charge in [-0.1, -0.05) is 44.5 Å². The Morgan fingerprint density at radius 1 is 1.04 bits per heavy atom. The fourth-order valence-corrected chi connectivity index (χ4v) is 7.51. The van der Waals surface area contributed by atoms with Crippen molar-refractivity contribution in [1.29, 1.82) is 0 Å². The van der Waals surface area contributed by atoms with Crippen LogP contribution in [0.15, 0.2) is 42.1 Å². The molecule has 1 aromatic rings. The topological polar surface area (TPSA) is 151 Å². The van der Waals surface area contributed by atoms with Gasteiger partial charge in [0.2, 0.25) is 11.8 Å². The van der Waals surface area contributed by atoms with E-state index in [4.69, 9.17) is 9.47 Å². The second kappa shape index (κ2) is 16.4. The van der Waals surface area contributed by atoms with Gasteiger partial charge in [0, 0.05) is 31.3 Å². The van der Waals surface area contributed by atoms with Crippen molar-refractivity contribution in [2.24, 2.45) is 11.8 Å². The lowest BCUT2D eigenvalue weighted by molar-refractivity contribution is -0.159.